The molecule has 0 bridgehead atoms. The van der Waals surface area contributed by atoms with E-state index in [2.05, 4.69) is 10.3 Å². The molecule has 0 aromatic heterocycles. The summed E-state index contributed by atoms with van der Waals surface area (Å²) >= 11 is 0. The number of guanidine groups is 1. The van der Waals surface area contributed by atoms with E-state index in [1.54, 1.807) is 6.19 Å². The Morgan fingerprint density at radius 3 is 2.80 bits per heavy atom. The van der Waals surface area contributed by atoms with Gasteiger partial charge in [-0.2, -0.15) is 5.26 Å². The van der Waals surface area contributed by atoms with Crippen molar-refractivity contribution in [1.29, 1.82) is 5.26 Å². The number of nitrogens with one attached hydrogen (secondary N) is 1. The number of hydrogen-bond donors (Lipinski definition) is 2. The molecule has 0 spiro atoms. The minimum atomic E-state index is 0.191. The first-order chi connectivity index (χ1) is 4.66. The van der Waals surface area contributed by atoms with E-state index in [0.717, 1.165) is 6.54 Å². The molecule has 4 heteroatoms. The molecule has 0 aromatic rings. The summed E-state index contributed by atoms with van der Waals surface area (Å²) < 4.78 is 0. The Morgan fingerprint density at radius 1 is 1.80 bits per heavy atom. The Balaban J connectivity index is 3.51. The summed E-state index contributed by atoms with van der Waals surface area (Å²) in [6.45, 7) is 4.84. The molecule has 4 nitrogen and oxygen atoms in total. The van der Waals surface area contributed by atoms with Gasteiger partial charge in [0, 0.05) is 6.54 Å². The lowest BCUT2D eigenvalue weighted by molar-refractivity contribution is 0.623. The average Bonchev–Trinajstić information content (AvgIpc) is 1.85. The summed E-state index contributed by atoms with van der Waals surface area (Å²) in [6, 6.07) is 0. The highest BCUT2D eigenvalue weighted by Gasteiger charge is 1.93. The van der Waals surface area contributed by atoms with Crippen LogP contribution in [-0.2, 0) is 0 Å². The van der Waals surface area contributed by atoms with Crippen molar-refractivity contribution < 1.29 is 0 Å². The van der Waals surface area contributed by atoms with Crippen molar-refractivity contribution in [2.45, 2.75) is 13.8 Å². The van der Waals surface area contributed by atoms with Crippen molar-refractivity contribution in [2.24, 2.45) is 16.6 Å². The third kappa shape index (κ3) is 4.91. The normalized spacial score (nSPS) is 11.2. The second-order valence-corrected chi connectivity index (χ2v) is 2.37. The maximum Gasteiger partial charge on any atom is 0.209 e. The molecule has 3 N–H and O–H groups in total. The standard InChI is InChI=1S/C6H12N4/c1-5(2)3-9-6(8)10-4-7/h5H,3H2,1-2H3,(H3,8,9,10). The number of rotatable bonds is 2. The van der Waals surface area contributed by atoms with E-state index in [1.165, 1.54) is 0 Å². The number of aliphatic imine (C=N–C) groups is 1. The summed E-state index contributed by atoms with van der Waals surface area (Å²) in [5, 5.41) is 10.8. The molecule has 0 saturated heterocycles. The molecule has 0 aliphatic heterocycles. The van der Waals surface area contributed by atoms with Crippen LogP contribution in [0.4, 0.5) is 0 Å². The Hall–Kier alpha value is -1.24. The number of hydrogen-bond acceptors (Lipinski definition) is 2. The van der Waals surface area contributed by atoms with Crippen LogP contribution in [-0.4, -0.2) is 12.5 Å². The lowest BCUT2D eigenvalue weighted by Gasteiger charge is -2.05. The van der Waals surface area contributed by atoms with Crippen LogP contribution in [0.2, 0.25) is 0 Å². The van der Waals surface area contributed by atoms with Crippen LogP contribution in [0.25, 0.3) is 0 Å². The van der Waals surface area contributed by atoms with Gasteiger partial charge < -0.3 is 11.1 Å². The average molecular weight is 140 g/mol. The van der Waals surface area contributed by atoms with Crippen LogP contribution in [0.5, 0.6) is 0 Å². The van der Waals surface area contributed by atoms with Gasteiger partial charge in [0.15, 0.2) is 0 Å². The molecule has 0 aliphatic rings. The fourth-order valence-electron chi connectivity index (χ4n) is 0.402. The zero-order valence-electron chi connectivity index (χ0n) is 6.26. The topological polar surface area (TPSA) is 74.2 Å². The van der Waals surface area contributed by atoms with Crippen LogP contribution in [0.3, 0.4) is 0 Å². The van der Waals surface area contributed by atoms with E-state index in [1.807, 2.05) is 13.8 Å². The maximum atomic E-state index is 8.04. The molecule has 10 heavy (non-hydrogen) atoms. The van der Waals surface area contributed by atoms with Gasteiger partial charge in [-0.05, 0) is 5.92 Å². The highest BCUT2D eigenvalue weighted by atomic mass is 15.1. The van der Waals surface area contributed by atoms with E-state index < -0.39 is 0 Å². The van der Waals surface area contributed by atoms with E-state index in [0.29, 0.717) is 5.92 Å². The third-order valence-corrected chi connectivity index (χ3v) is 0.862. The summed E-state index contributed by atoms with van der Waals surface area (Å²) in [5.41, 5.74) is 5.25. The molecule has 0 heterocycles. The van der Waals surface area contributed by atoms with Gasteiger partial charge in [-0.25, -0.2) is 0 Å². The minimum absolute atomic E-state index is 0.191. The van der Waals surface area contributed by atoms with Crippen molar-refractivity contribution in [2.75, 3.05) is 6.54 Å². The number of nitriles is 1. The molecule has 56 valence electrons. The molecule has 0 atom stereocenters. The smallest absolute Gasteiger partial charge is 0.209 e. The first kappa shape index (κ1) is 8.76. The Kier molecular flexibility index (Phi) is 4.05. The van der Waals surface area contributed by atoms with Crippen molar-refractivity contribution in [1.82, 2.24) is 5.32 Å². The first-order valence-electron chi connectivity index (χ1n) is 3.13. The molecule has 0 amide bonds. The summed E-state index contributed by atoms with van der Waals surface area (Å²) in [4.78, 5) is 3.29. The van der Waals surface area contributed by atoms with Crippen LogP contribution in [0.15, 0.2) is 4.99 Å². The zero-order chi connectivity index (χ0) is 7.98. The van der Waals surface area contributed by atoms with Gasteiger partial charge in [-0.15, -0.1) is 4.99 Å². The monoisotopic (exact) mass is 140 g/mol. The number of nitrogens with two attached hydrogens (primary N) is 1. The quantitative estimate of drug-likeness (QED) is 0.323. The highest BCUT2D eigenvalue weighted by molar-refractivity contribution is 5.78. The lowest BCUT2D eigenvalue weighted by Crippen LogP contribution is -2.33. The van der Waals surface area contributed by atoms with Crippen LogP contribution >= 0.6 is 0 Å². The van der Waals surface area contributed by atoms with E-state index in [-0.39, 0.29) is 5.96 Å². The van der Waals surface area contributed by atoms with Crippen molar-refractivity contribution in [3.63, 3.8) is 0 Å². The fourth-order valence-corrected chi connectivity index (χ4v) is 0.402. The van der Waals surface area contributed by atoms with E-state index in [4.69, 9.17) is 11.0 Å². The predicted molar refractivity (Wildman–Crippen MR) is 40.1 cm³/mol. The summed E-state index contributed by atoms with van der Waals surface area (Å²) in [6.07, 6.45) is 1.59. The second kappa shape index (κ2) is 4.62. The van der Waals surface area contributed by atoms with Crippen LogP contribution in [0.1, 0.15) is 13.8 Å². The third-order valence-electron chi connectivity index (χ3n) is 0.862. The molecular weight excluding hydrogens is 128 g/mol. The first-order valence-corrected chi connectivity index (χ1v) is 3.13. The summed E-state index contributed by atoms with van der Waals surface area (Å²) in [5.74, 6) is 0.698. The van der Waals surface area contributed by atoms with Gasteiger partial charge >= 0.3 is 0 Å². The molecule has 0 aromatic carbocycles. The lowest BCUT2D eigenvalue weighted by atomic mass is 10.2. The largest absolute Gasteiger partial charge is 0.369 e. The molecule has 0 aliphatic carbocycles. The minimum Gasteiger partial charge on any atom is -0.369 e. The molecule has 0 rings (SSSR count). The Labute approximate surface area is 60.7 Å². The molecule has 0 saturated carbocycles. The predicted octanol–water partition coefficient (Wildman–Crippen LogP) is 0.0278. The Bertz CT molecular complexity index is 154. The zero-order valence-corrected chi connectivity index (χ0v) is 6.26. The summed E-state index contributed by atoms with van der Waals surface area (Å²) in [7, 11) is 0. The van der Waals surface area contributed by atoms with Crippen molar-refractivity contribution >= 4 is 5.96 Å². The van der Waals surface area contributed by atoms with Crippen molar-refractivity contribution in [3.8, 4) is 6.19 Å². The SMILES string of the molecule is CC(C)CN/C(N)=N/C#N. The van der Waals surface area contributed by atoms with Gasteiger partial charge in [-0.3, -0.25) is 0 Å². The van der Waals surface area contributed by atoms with Crippen LogP contribution < -0.4 is 11.1 Å². The molecule has 0 radical (unpaired) electrons. The van der Waals surface area contributed by atoms with Gasteiger partial charge in [0.05, 0.1) is 0 Å². The van der Waals surface area contributed by atoms with Crippen LogP contribution in [0, 0.1) is 17.4 Å². The molecule has 0 fully saturated rings. The van der Waals surface area contributed by atoms with Gasteiger partial charge in [-0.1, -0.05) is 13.8 Å². The van der Waals surface area contributed by atoms with E-state index in [9.17, 15) is 0 Å². The second-order valence-electron chi connectivity index (χ2n) is 2.37. The Morgan fingerprint density at radius 2 is 2.40 bits per heavy atom. The van der Waals surface area contributed by atoms with Gasteiger partial charge in [0.1, 0.15) is 0 Å². The van der Waals surface area contributed by atoms with E-state index >= 15 is 0 Å². The van der Waals surface area contributed by atoms with Gasteiger partial charge in [0.25, 0.3) is 0 Å². The molecular formula is C6H12N4. The molecule has 0 unspecified atom stereocenters. The number of nitrogens with zero attached hydrogens (tertiary/aromatic N) is 2. The highest BCUT2D eigenvalue weighted by Crippen LogP contribution is 1.85. The van der Waals surface area contributed by atoms with Gasteiger partial charge in [0.2, 0.25) is 12.2 Å². The maximum absolute atomic E-state index is 8.04. The van der Waals surface area contributed by atoms with Crippen molar-refractivity contribution in [3.05, 3.63) is 0 Å². The fraction of sp³-hybridized carbons (Fsp3) is 0.667.